The average molecular weight is 495 g/mol. The van der Waals surface area contributed by atoms with Gasteiger partial charge in [-0.2, -0.15) is 13.2 Å². The number of carbonyl (C=O) groups is 4. The first kappa shape index (κ1) is 25.0. The van der Waals surface area contributed by atoms with E-state index in [1.807, 2.05) is 0 Å². The van der Waals surface area contributed by atoms with Crippen molar-refractivity contribution in [3.63, 3.8) is 0 Å². The monoisotopic (exact) mass is 495 g/mol. The minimum Gasteiger partial charge on any atom is -0.443 e. The quantitative estimate of drug-likeness (QED) is 0.694. The Hall–Kier alpha value is -3.11. The lowest BCUT2D eigenvalue weighted by Gasteiger charge is -2.34. The third kappa shape index (κ3) is 4.99. The Morgan fingerprint density at radius 3 is 2.43 bits per heavy atom. The van der Waals surface area contributed by atoms with Crippen molar-refractivity contribution in [2.24, 2.45) is 5.92 Å². The van der Waals surface area contributed by atoms with Gasteiger partial charge in [-0.3, -0.25) is 14.4 Å². The third-order valence-electron chi connectivity index (χ3n) is 6.69. The van der Waals surface area contributed by atoms with Crippen molar-refractivity contribution >= 4 is 23.8 Å². The highest BCUT2D eigenvalue weighted by molar-refractivity contribution is 5.99. The van der Waals surface area contributed by atoms with Crippen LogP contribution in [-0.2, 0) is 20.5 Å². The molecule has 1 aromatic rings. The highest BCUT2D eigenvalue weighted by atomic mass is 19.4. The molecule has 2 saturated heterocycles. The number of likely N-dealkylation sites (tertiary alicyclic amines) is 2. The minimum absolute atomic E-state index is 0.189. The second kappa shape index (κ2) is 8.83. The molecule has 1 unspecified atom stereocenters. The maximum Gasteiger partial charge on any atom is 0.417 e. The highest BCUT2D eigenvalue weighted by Gasteiger charge is 2.54. The molecular weight excluding hydrogens is 467 g/mol. The number of ether oxygens (including phenoxy) is 1. The van der Waals surface area contributed by atoms with Crippen molar-refractivity contribution in [1.29, 1.82) is 0 Å². The zero-order valence-corrected chi connectivity index (χ0v) is 19.7. The van der Waals surface area contributed by atoms with E-state index >= 15 is 0 Å². The number of hydrogen-bond donors (Lipinski definition) is 1. The standard InChI is InChI=1S/C24H28F3N3O5/c1-23(2,3)35-22(34)30-15-7-8-18(16(12-15)20(30)32)29-10-9-17(21(29)33)28-19(31)13-5-4-6-14(11-13)24(25,26)27/h4-6,11,15-18H,7-10,12H2,1-3H3,(H,28,31)/t15-,16-,17?,18+/m1/s1. The lowest BCUT2D eigenvalue weighted by Crippen LogP contribution is -2.48. The molecule has 2 bridgehead atoms. The molecule has 35 heavy (non-hydrogen) atoms. The molecule has 1 aromatic carbocycles. The topological polar surface area (TPSA) is 96.0 Å². The number of amides is 4. The van der Waals surface area contributed by atoms with Gasteiger partial charge in [-0.15, -0.1) is 0 Å². The molecule has 4 atom stereocenters. The van der Waals surface area contributed by atoms with E-state index in [1.54, 1.807) is 25.7 Å². The molecular formula is C24H28F3N3O5. The number of nitrogens with zero attached hydrogens (tertiary/aromatic N) is 2. The Morgan fingerprint density at radius 1 is 1.06 bits per heavy atom. The van der Waals surface area contributed by atoms with Crippen molar-refractivity contribution in [3.05, 3.63) is 35.4 Å². The zero-order valence-electron chi connectivity index (χ0n) is 19.7. The fourth-order valence-corrected chi connectivity index (χ4v) is 5.16. The molecule has 4 rings (SSSR count). The van der Waals surface area contributed by atoms with Crippen molar-refractivity contribution in [1.82, 2.24) is 15.1 Å². The van der Waals surface area contributed by atoms with Crippen LogP contribution in [0.2, 0.25) is 0 Å². The number of imide groups is 1. The summed E-state index contributed by atoms with van der Waals surface area (Å²) in [5.41, 5.74) is -1.88. The number of nitrogens with one attached hydrogen (secondary N) is 1. The molecule has 1 saturated carbocycles. The maximum absolute atomic E-state index is 13.1. The minimum atomic E-state index is -4.59. The van der Waals surface area contributed by atoms with Crippen LogP contribution in [0.15, 0.2) is 24.3 Å². The lowest BCUT2D eigenvalue weighted by atomic mass is 9.84. The second-order valence-electron chi connectivity index (χ2n) is 10.3. The van der Waals surface area contributed by atoms with Gasteiger partial charge in [0.1, 0.15) is 11.6 Å². The number of fused-ring (bicyclic) bond motifs is 2. The van der Waals surface area contributed by atoms with Gasteiger partial charge in [-0.1, -0.05) is 6.07 Å². The van der Waals surface area contributed by atoms with E-state index < -0.39 is 47.3 Å². The summed E-state index contributed by atoms with van der Waals surface area (Å²) in [6, 6.07) is 2.44. The smallest absolute Gasteiger partial charge is 0.417 e. The molecule has 11 heteroatoms. The van der Waals surface area contributed by atoms with E-state index in [0.29, 0.717) is 25.8 Å². The summed E-state index contributed by atoms with van der Waals surface area (Å²) < 4.78 is 44.3. The Bertz CT molecular complexity index is 1050. The van der Waals surface area contributed by atoms with Crippen LogP contribution in [0.1, 0.15) is 62.4 Å². The first-order chi connectivity index (χ1) is 16.3. The average Bonchev–Trinajstić information content (AvgIpc) is 3.24. The van der Waals surface area contributed by atoms with Gasteiger partial charge < -0.3 is 15.0 Å². The molecule has 1 N–H and O–H groups in total. The van der Waals surface area contributed by atoms with E-state index in [2.05, 4.69) is 5.32 Å². The van der Waals surface area contributed by atoms with Gasteiger partial charge in [0, 0.05) is 24.2 Å². The van der Waals surface area contributed by atoms with Crippen molar-refractivity contribution < 1.29 is 37.1 Å². The van der Waals surface area contributed by atoms with Crippen molar-refractivity contribution in [3.8, 4) is 0 Å². The molecule has 1 aliphatic carbocycles. The van der Waals surface area contributed by atoms with Crippen LogP contribution < -0.4 is 5.32 Å². The molecule has 2 heterocycles. The molecule has 0 spiro atoms. The normalized spacial score (nSPS) is 26.8. The van der Waals surface area contributed by atoms with Gasteiger partial charge in [-0.25, -0.2) is 9.69 Å². The molecule has 3 aliphatic rings. The van der Waals surface area contributed by atoms with Crippen LogP contribution >= 0.6 is 0 Å². The van der Waals surface area contributed by atoms with E-state index in [-0.39, 0.29) is 29.8 Å². The lowest BCUT2D eigenvalue weighted by molar-refractivity contribution is -0.138. The summed E-state index contributed by atoms with van der Waals surface area (Å²) in [6.07, 6.45) is -3.49. The summed E-state index contributed by atoms with van der Waals surface area (Å²) in [7, 11) is 0. The largest absolute Gasteiger partial charge is 0.443 e. The number of hydrogen-bond acceptors (Lipinski definition) is 5. The second-order valence-corrected chi connectivity index (χ2v) is 10.3. The number of rotatable bonds is 3. The van der Waals surface area contributed by atoms with Gasteiger partial charge in [0.25, 0.3) is 5.91 Å². The molecule has 0 aromatic heterocycles. The fourth-order valence-electron chi connectivity index (χ4n) is 5.16. The van der Waals surface area contributed by atoms with Crippen LogP contribution in [0.25, 0.3) is 0 Å². The Kier molecular flexibility index (Phi) is 6.31. The molecule has 190 valence electrons. The van der Waals surface area contributed by atoms with E-state index in [4.69, 9.17) is 4.74 Å². The van der Waals surface area contributed by atoms with E-state index in [0.717, 1.165) is 18.2 Å². The summed E-state index contributed by atoms with van der Waals surface area (Å²) in [5, 5.41) is 2.53. The summed E-state index contributed by atoms with van der Waals surface area (Å²) >= 11 is 0. The molecule has 0 radical (unpaired) electrons. The van der Waals surface area contributed by atoms with Crippen molar-refractivity contribution in [2.75, 3.05) is 6.54 Å². The van der Waals surface area contributed by atoms with Crippen LogP contribution in [0.3, 0.4) is 0 Å². The molecule has 4 amide bonds. The first-order valence-electron chi connectivity index (χ1n) is 11.6. The van der Waals surface area contributed by atoms with Crippen LogP contribution in [0.4, 0.5) is 18.0 Å². The van der Waals surface area contributed by atoms with Crippen LogP contribution in [0, 0.1) is 5.92 Å². The van der Waals surface area contributed by atoms with Crippen molar-refractivity contribution in [2.45, 2.75) is 76.4 Å². The highest BCUT2D eigenvalue weighted by Crippen LogP contribution is 2.41. The Morgan fingerprint density at radius 2 is 1.77 bits per heavy atom. The van der Waals surface area contributed by atoms with Crippen LogP contribution in [-0.4, -0.2) is 63.9 Å². The van der Waals surface area contributed by atoms with Crippen LogP contribution in [0.5, 0.6) is 0 Å². The van der Waals surface area contributed by atoms with Gasteiger partial charge in [0.15, 0.2) is 0 Å². The zero-order chi connectivity index (χ0) is 25.7. The SMILES string of the molecule is CC(C)(C)OC(=O)N1C(=O)[C@@H]2C[C@H]1CC[C@@H]2N1CCC(NC(=O)c2cccc(C(F)(F)F)c2)C1=O. The third-order valence-corrected chi connectivity index (χ3v) is 6.69. The number of halogens is 3. The molecule has 8 nitrogen and oxygen atoms in total. The summed E-state index contributed by atoms with van der Waals surface area (Å²) in [6.45, 7) is 5.46. The van der Waals surface area contributed by atoms with Gasteiger partial charge >= 0.3 is 12.3 Å². The number of alkyl halides is 3. The Labute approximate surface area is 200 Å². The molecule has 2 aliphatic heterocycles. The van der Waals surface area contributed by atoms with E-state index in [1.165, 1.54) is 11.0 Å². The number of carbonyl (C=O) groups excluding carboxylic acids is 4. The fraction of sp³-hybridized carbons (Fsp3) is 0.583. The van der Waals surface area contributed by atoms with Gasteiger partial charge in [0.2, 0.25) is 11.8 Å². The predicted octanol–water partition coefficient (Wildman–Crippen LogP) is 3.35. The summed E-state index contributed by atoms with van der Waals surface area (Å²) in [5.74, 6) is -2.05. The van der Waals surface area contributed by atoms with Gasteiger partial charge in [-0.05, 0) is 64.7 Å². The Balaban J connectivity index is 1.42. The number of benzene rings is 1. The summed E-state index contributed by atoms with van der Waals surface area (Å²) in [4.78, 5) is 54.0. The van der Waals surface area contributed by atoms with Gasteiger partial charge in [0.05, 0.1) is 11.5 Å². The van der Waals surface area contributed by atoms with E-state index in [9.17, 15) is 32.3 Å². The maximum atomic E-state index is 13.1. The predicted molar refractivity (Wildman–Crippen MR) is 117 cm³/mol. The molecule has 3 fully saturated rings. The first-order valence-corrected chi connectivity index (χ1v) is 11.6.